The van der Waals surface area contributed by atoms with E-state index in [1.807, 2.05) is 25.7 Å². The average Bonchev–Trinajstić information content (AvgIpc) is 2.51. The van der Waals surface area contributed by atoms with Gasteiger partial charge in [-0.1, -0.05) is 37.7 Å². The summed E-state index contributed by atoms with van der Waals surface area (Å²) in [6.07, 6.45) is 1.78. The predicted octanol–water partition coefficient (Wildman–Crippen LogP) is 5.03. The fourth-order valence-corrected chi connectivity index (χ4v) is 3.34. The van der Waals surface area contributed by atoms with E-state index in [1.54, 1.807) is 0 Å². The number of rotatable bonds is 1. The smallest absolute Gasteiger partial charge is 0.410 e. The molecule has 25 heavy (non-hydrogen) atoms. The monoisotopic (exact) mass is 357 g/mol. The molecule has 0 N–H and O–H groups in total. The molecule has 0 bridgehead atoms. The number of nitrogens with zero attached hydrogens (tertiary/aromatic N) is 1. The highest BCUT2D eigenvalue weighted by molar-refractivity contribution is 6.83. The number of carbonyl (C=O) groups excluding carboxylic acids is 1. The Bertz CT molecular complexity index is 648. The van der Waals surface area contributed by atoms with E-state index in [0.29, 0.717) is 5.92 Å². The summed E-state index contributed by atoms with van der Waals surface area (Å²) in [5.41, 5.74) is 5.42. The second-order valence-corrected chi connectivity index (χ2v) is 13.6. The van der Waals surface area contributed by atoms with Crippen LogP contribution in [0.15, 0.2) is 24.3 Å². The van der Waals surface area contributed by atoms with E-state index in [1.165, 1.54) is 5.56 Å². The van der Waals surface area contributed by atoms with Gasteiger partial charge in [-0.2, -0.15) is 0 Å². The molecule has 0 aliphatic carbocycles. The highest BCUT2D eigenvalue weighted by atomic mass is 28.3. The molecule has 0 unspecified atom stereocenters. The fraction of sp³-hybridized carbons (Fsp3) is 0.571. The minimum absolute atomic E-state index is 0.192. The Morgan fingerprint density at radius 3 is 2.16 bits per heavy atom. The second-order valence-electron chi connectivity index (χ2n) is 8.86. The molecule has 0 aromatic heterocycles. The van der Waals surface area contributed by atoms with E-state index in [9.17, 15) is 4.79 Å². The first kappa shape index (κ1) is 19.6. The van der Waals surface area contributed by atoms with Crippen LogP contribution in [-0.4, -0.2) is 37.8 Å². The lowest BCUT2D eigenvalue weighted by Gasteiger charge is -2.33. The number of amides is 1. The zero-order valence-electron chi connectivity index (χ0n) is 16.5. The molecule has 3 nitrogen and oxygen atoms in total. The van der Waals surface area contributed by atoms with Crippen LogP contribution in [0.2, 0.25) is 19.6 Å². The molecule has 1 fully saturated rings. The van der Waals surface area contributed by atoms with Crippen molar-refractivity contribution in [3.63, 3.8) is 0 Å². The number of benzene rings is 1. The van der Waals surface area contributed by atoms with E-state index >= 15 is 0 Å². The van der Waals surface area contributed by atoms with Crippen LogP contribution < -0.4 is 0 Å². The fourth-order valence-electron chi connectivity index (χ4n) is 2.82. The number of carbonyl (C=O) groups is 1. The number of ether oxygens (including phenoxy) is 1. The van der Waals surface area contributed by atoms with Crippen molar-refractivity contribution in [1.29, 1.82) is 0 Å². The predicted molar refractivity (Wildman–Crippen MR) is 106 cm³/mol. The second kappa shape index (κ2) is 7.66. The maximum atomic E-state index is 12.1. The molecule has 2 rings (SSSR count). The van der Waals surface area contributed by atoms with Crippen molar-refractivity contribution in [1.82, 2.24) is 4.90 Å². The molecular weight excluding hydrogens is 326 g/mol. The van der Waals surface area contributed by atoms with E-state index in [2.05, 4.69) is 55.4 Å². The molecule has 1 aliphatic heterocycles. The van der Waals surface area contributed by atoms with E-state index < -0.39 is 13.7 Å². The van der Waals surface area contributed by atoms with Gasteiger partial charge in [-0.05, 0) is 57.2 Å². The van der Waals surface area contributed by atoms with Crippen LogP contribution in [0.1, 0.15) is 50.7 Å². The van der Waals surface area contributed by atoms with Gasteiger partial charge in [0, 0.05) is 18.7 Å². The van der Waals surface area contributed by atoms with Gasteiger partial charge in [0.1, 0.15) is 13.7 Å². The van der Waals surface area contributed by atoms with Crippen molar-refractivity contribution >= 4 is 14.2 Å². The standard InChI is InChI=1S/C21H31NO2Si/c1-21(2,3)24-20(23)22-14-11-19(12-15-22)18-9-7-17(8-10-18)13-16-25(4,5)6/h7-10,19H,11-12,14-15H2,1-6H3. The SMILES string of the molecule is CC(C)(C)OC(=O)N1CCC(c2ccc(C#C[Si](C)(C)C)cc2)CC1. The third-order valence-electron chi connectivity index (χ3n) is 4.11. The van der Waals surface area contributed by atoms with Gasteiger partial charge < -0.3 is 9.64 Å². The van der Waals surface area contributed by atoms with Gasteiger partial charge in [0.05, 0.1) is 0 Å². The number of hydrogen-bond acceptors (Lipinski definition) is 2. The Morgan fingerprint density at radius 2 is 1.68 bits per heavy atom. The van der Waals surface area contributed by atoms with Crippen LogP contribution >= 0.6 is 0 Å². The zero-order chi connectivity index (χ0) is 18.7. The van der Waals surface area contributed by atoms with Crippen molar-refractivity contribution < 1.29 is 9.53 Å². The van der Waals surface area contributed by atoms with Crippen molar-refractivity contribution in [3.8, 4) is 11.5 Å². The van der Waals surface area contributed by atoms with E-state index in [0.717, 1.165) is 31.5 Å². The van der Waals surface area contributed by atoms with Gasteiger partial charge >= 0.3 is 6.09 Å². The Hall–Kier alpha value is -1.73. The molecule has 1 amide bonds. The van der Waals surface area contributed by atoms with Gasteiger partial charge in [0.2, 0.25) is 0 Å². The van der Waals surface area contributed by atoms with Crippen LogP contribution in [0.5, 0.6) is 0 Å². The van der Waals surface area contributed by atoms with Gasteiger partial charge in [0.15, 0.2) is 0 Å². The lowest BCUT2D eigenvalue weighted by Crippen LogP contribution is -2.41. The van der Waals surface area contributed by atoms with Crippen LogP contribution in [0, 0.1) is 11.5 Å². The van der Waals surface area contributed by atoms with Crippen molar-refractivity contribution in [3.05, 3.63) is 35.4 Å². The lowest BCUT2D eigenvalue weighted by molar-refractivity contribution is 0.0205. The maximum absolute atomic E-state index is 12.1. The van der Waals surface area contributed by atoms with Crippen LogP contribution in [0.25, 0.3) is 0 Å². The molecule has 1 aromatic carbocycles. The molecule has 0 saturated carbocycles. The molecule has 0 spiro atoms. The van der Waals surface area contributed by atoms with Crippen molar-refractivity contribution in [2.45, 2.75) is 64.8 Å². The summed E-state index contributed by atoms with van der Waals surface area (Å²) >= 11 is 0. The van der Waals surface area contributed by atoms with Crippen molar-refractivity contribution in [2.24, 2.45) is 0 Å². The first-order valence-corrected chi connectivity index (χ1v) is 12.6. The Morgan fingerprint density at radius 1 is 1.12 bits per heavy atom. The molecule has 0 atom stereocenters. The summed E-state index contributed by atoms with van der Waals surface area (Å²) in [4.78, 5) is 14.0. The van der Waals surface area contributed by atoms with Gasteiger partial charge in [-0.15, -0.1) is 5.54 Å². The highest BCUT2D eigenvalue weighted by Crippen LogP contribution is 2.28. The topological polar surface area (TPSA) is 29.5 Å². The third kappa shape index (κ3) is 6.59. The largest absolute Gasteiger partial charge is 0.444 e. The average molecular weight is 358 g/mol. The lowest BCUT2D eigenvalue weighted by atomic mass is 9.89. The van der Waals surface area contributed by atoms with E-state index in [4.69, 9.17) is 4.74 Å². The molecule has 0 radical (unpaired) electrons. The summed E-state index contributed by atoms with van der Waals surface area (Å²) < 4.78 is 5.46. The van der Waals surface area contributed by atoms with Gasteiger partial charge in [-0.3, -0.25) is 0 Å². The Kier molecular flexibility index (Phi) is 6.00. The summed E-state index contributed by atoms with van der Waals surface area (Å²) in [5.74, 6) is 3.81. The van der Waals surface area contributed by atoms with Crippen LogP contribution in [0.4, 0.5) is 4.79 Å². The Balaban J connectivity index is 1.92. The molecular formula is C21H31NO2Si. The zero-order valence-corrected chi connectivity index (χ0v) is 17.5. The Labute approximate surface area is 153 Å². The first-order chi connectivity index (χ1) is 11.5. The molecule has 1 saturated heterocycles. The van der Waals surface area contributed by atoms with Crippen LogP contribution in [0.3, 0.4) is 0 Å². The summed E-state index contributed by atoms with van der Waals surface area (Å²) in [7, 11) is -1.33. The summed E-state index contributed by atoms with van der Waals surface area (Å²) in [6, 6.07) is 8.65. The molecule has 136 valence electrons. The number of hydrogen-bond donors (Lipinski definition) is 0. The maximum Gasteiger partial charge on any atom is 0.410 e. The molecule has 1 aromatic rings. The third-order valence-corrected chi connectivity index (χ3v) is 4.99. The summed E-state index contributed by atoms with van der Waals surface area (Å²) in [6.45, 7) is 14.0. The minimum Gasteiger partial charge on any atom is -0.444 e. The quantitative estimate of drug-likeness (QED) is 0.521. The minimum atomic E-state index is -1.33. The number of likely N-dealkylation sites (tertiary alicyclic amines) is 1. The molecule has 1 aliphatic rings. The molecule has 1 heterocycles. The highest BCUT2D eigenvalue weighted by Gasteiger charge is 2.27. The normalized spacial score (nSPS) is 16.2. The van der Waals surface area contributed by atoms with Crippen molar-refractivity contribution in [2.75, 3.05) is 13.1 Å². The summed E-state index contributed by atoms with van der Waals surface area (Å²) in [5, 5.41) is 0. The van der Waals surface area contributed by atoms with E-state index in [-0.39, 0.29) is 6.09 Å². The first-order valence-electron chi connectivity index (χ1n) is 9.14. The van der Waals surface area contributed by atoms with Crippen LogP contribution in [-0.2, 0) is 4.74 Å². The number of piperidine rings is 1. The molecule has 4 heteroatoms. The van der Waals surface area contributed by atoms with Gasteiger partial charge in [-0.25, -0.2) is 4.79 Å². The van der Waals surface area contributed by atoms with Gasteiger partial charge in [0.25, 0.3) is 0 Å².